The third-order valence-electron chi connectivity index (χ3n) is 4.72. The molecule has 0 bridgehead atoms. The van der Waals surface area contributed by atoms with Crippen molar-refractivity contribution < 1.29 is 34.7 Å². The predicted molar refractivity (Wildman–Crippen MR) is 81.1 cm³/mol. The third-order valence-corrected chi connectivity index (χ3v) is 4.72. The molecular formula is C16H21NO7. The summed E-state index contributed by atoms with van der Waals surface area (Å²) in [6, 6.07) is 4.22. The zero-order valence-electron chi connectivity index (χ0n) is 13.3. The van der Waals surface area contributed by atoms with Crippen molar-refractivity contribution in [1.82, 2.24) is 5.32 Å². The van der Waals surface area contributed by atoms with Crippen LogP contribution in [0.4, 0.5) is 0 Å². The average Bonchev–Trinajstić information content (AvgIpc) is 3.05. The van der Waals surface area contributed by atoms with E-state index in [1.54, 1.807) is 0 Å². The molecule has 8 heteroatoms. The van der Waals surface area contributed by atoms with Crippen molar-refractivity contribution in [3.8, 4) is 11.5 Å². The average molecular weight is 339 g/mol. The number of rotatable bonds is 4. The molecule has 2 aliphatic rings. The second kappa shape index (κ2) is 5.59. The fourth-order valence-corrected chi connectivity index (χ4v) is 3.19. The largest absolute Gasteiger partial charge is 0.493 e. The first-order valence-corrected chi connectivity index (χ1v) is 7.77. The molecule has 1 aromatic rings. The van der Waals surface area contributed by atoms with Crippen LogP contribution in [0.3, 0.4) is 0 Å². The Balaban J connectivity index is 1.99. The van der Waals surface area contributed by atoms with E-state index in [-0.39, 0.29) is 17.9 Å². The van der Waals surface area contributed by atoms with Crippen LogP contribution in [0.5, 0.6) is 11.5 Å². The molecule has 1 unspecified atom stereocenters. The Labute approximate surface area is 138 Å². The van der Waals surface area contributed by atoms with E-state index in [1.165, 1.54) is 25.3 Å². The Morgan fingerprint density at radius 1 is 1.08 bits per heavy atom. The molecule has 2 fully saturated rings. The number of ether oxygens (including phenoxy) is 2. The first-order chi connectivity index (χ1) is 11.2. The Hall–Kier alpha value is -1.87. The van der Waals surface area contributed by atoms with Gasteiger partial charge in [0.05, 0.1) is 13.7 Å². The van der Waals surface area contributed by atoms with Crippen LogP contribution < -0.4 is 14.8 Å². The van der Waals surface area contributed by atoms with Gasteiger partial charge < -0.3 is 35.2 Å². The van der Waals surface area contributed by atoms with Crippen molar-refractivity contribution >= 4 is 5.91 Å². The van der Waals surface area contributed by atoms with Crippen LogP contribution in [-0.2, 0) is 10.4 Å². The number of methoxy groups -OCH3 is 1. The van der Waals surface area contributed by atoms with Gasteiger partial charge in [0.15, 0.2) is 17.1 Å². The summed E-state index contributed by atoms with van der Waals surface area (Å²) in [5.41, 5.74) is -2.18. The van der Waals surface area contributed by atoms with Gasteiger partial charge in [-0.1, -0.05) is 6.07 Å². The molecule has 1 heterocycles. The maximum Gasteiger partial charge on any atom is 0.283 e. The molecule has 3 rings (SSSR count). The molecule has 1 atom stereocenters. The summed E-state index contributed by atoms with van der Waals surface area (Å²) in [6.45, 7) is -0.366. The third kappa shape index (κ3) is 2.51. The topological polar surface area (TPSA) is 128 Å². The highest BCUT2D eigenvalue weighted by molar-refractivity contribution is 5.87. The predicted octanol–water partition coefficient (Wildman–Crippen LogP) is -0.665. The van der Waals surface area contributed by atoms with Crippen molar-refractivity contribution in [2.24, 2.45) is 0 Å². The maximum atomic E-state index is 11.6. The molecule has 0 radical (unpaired) electrons. The highest BCUT2D eigenvalue weighted by Gasteiger charge is 2.60. The van der Waals surface area contributed by atoms with Crippen molar-refractivity contribution in [3.05, 3.63) is 23.8 Å². The second-order valence-corrected chi connectivity index (χ2v) is 6.34. The van der Waals surface area contributed by atoms with Gasteiger partial charge >= 0.3 is 0 Å². The van der Waals surface area contributed by atoms with Crippen molar-refractivity contribution in [1.29, 1.82) is 0 Å². The minimum atomic E-state index is -2.97. The standard InChI is InChI=1S/C16H21NO7/c1-23-11-5-4-10(15(20)9-17-13(18)16(15,21)22)8-12(11)24-14(19)6-2-3-7-14/h4-5,8,19-22H,2-3,6-7,9H2,1H3,(H,17,18). The monoisotopic (exact) mass is 339 g/mol. The summed E-state index contributed by atoms with van der Waals surface area (Å²) in [5.74, 6) is -4.90. The molecule has 5 N–H and O–H groups in total. The lowest BCUT2D eigenvalue weighted by molar-refractivity contribution is -0.245. The number of amides is 1. The summed E-state index contributed by atoms with van der Waals surface area (Å²) in [4.78, 5) is 11.6. The van der Waals surface area contributed by atoms with Gasteiger partial charge in [0.25, 0.3) is 11.7 Å². The minimum absolute atomic E-state index is 0.0586. The fourth-order valence-electron chi connectivity index (χ4n) is 3.19. The lowest BCUT2D eigenvalue weighted by Crippen LogP contribution is -2.53. The minimum Gasteiger partial charge on any atom is -0.493 e. The molecule has 8 nitrogen and oxygen atoms in total. The molecule has 0 spiro atoms. The molecule has 24 heavy (non-hydrogen) atoms. The van der Waals surface area contributed by atoms with Crippen LogP contribution >= 0.6 is 0 Å². The molecule has 1 aliphatic heterocycles. The van der Waals surface area contributed by atoms with Gasteiger partial charge in [0.2, 0.25) is 5.79 Å². The molecule has 1 saturated heterocycles. The van der Waals surface area contributed by atoms with Crippen molar-refractivity contribution in [2.45, 2.75) is 42.9 Å². The van der Waals surface area contributed by atoms with Gasteiger partial charge in [-0.3, -0.25) is 4.79 Å². The number of carbonyl (C=O) groups excluding carboxylic acids is 1. The molecular weight excluding hydrogens is 318 g/mol. The lowest BCUT2D eigenvalue weighted by Gasteiger charge is -2.32. The number of benzene rings is 1. The van der Waals surface area contributed by atoms with E-state index in [9.17, 15) is 25.2 Å². The van der Waals surface area contributed by atoms with E-state index in [4.69, 9.17) is 9.47 Å². The van der Waals surface area contributed by atoms with Gasteiger partial charge in [-0.2, -0.15) is 0 Å². The Morgan fingerprint density at radius 2 is 1.75 bits per heavy atom. The number of nitrogens with one attached hydrogen (secondary N) is 1. The van der Waals surface area contributed by atoms with Gasteiger partial charge in [-0.05, 0) is 30.5 Å². The van der Waals surface area contributed by atoms with Crippen LogP contribution in [0.2, 0.25) is 0 Å². The van der Waals surface area contributed by atoms with E-state index in [1.807, 2.05) is 0 Å². The number of carbonyl (C=O) groups is 1. The number of hydrogen-bond acceptors (Lipinski definition) is 7. The van der Waals surface area contributed by atoms with Gasteiger partial charge in [0.1, 0.15) is 0 Å². The van der Waals surface area contributed by atoms with E-state index in [0.29, 0.717) is 18.6 Å². The Morgan fingerprint density at radius 3 is 2.29 bits per heavy atom. The first-order valence-electron chi connectivity index (χ1n) is 7.77. The summed E-state index contributed by atoms with van der Waals surface area (Å²) < 4.78 is 10.9. The highest BCUT2D eigenvalue weighted by atomic mass is 16.6. The van der Waals surface area contributed by atoms with Crippen LogP contribution in [-0.4, -0.2) is 51.6 Å². The Kier molecular flexibility index (Phi) is 3.95. The molecule has 1 aromatic carbocycles. The van der Waals surface area contributed by atoms with E-state index in [0.717, 1.165) is 12.8 Å². The summed E-state index contributed by atoms with van der Waals surface area (Å²) in [7, 11) is 1.43. The number of β-amino-alcohol motifs (C(OH)–C–C–N with tert-alkyl or cyclic N) is 1. The van der Waals surface area contributed by atoms with Crippen molar-refractivity contribution in [2.75, 3.05) is 13.7 Å². The zero-order valence-corrected chi connectivity index (χ0v) is 13.3. The quantitative estimate of drug-likeness (QED) is 0.460. The van der Waals surface area contributed by atoms with E-state index >= 15 is 0 Å². The summed E-state index contributed by atoms with van der Waals surface area (Å²) >= 11 is 0. The lowest BCUT2D eigenvalue weighted by atomic mass is 9.87. The SMILES string of the molecule is COc1ccc(C2(O)CNC(=O)C2(O)O)cc1OC1(O)CCCC1. The smallest absolute Gasteiger partial charge is 0.283 e. The van der Waals surface area contributed by atoms with Crippen LogP contribution in [0.1, 0.15) is 31.2 Å². The number of aliphatic hydroxyl groups is 4. The zero-order chi connectivity index (χ0) is 17.6. The van der Waals surface area contributed by atoms with Crippen LogP contribution in [0.15, 0.2) is 18.2 Å². The molecule has 1 saturated carbocycles. The fraction of sp³-hybridized carbons (Fsp3) is 0.562. The first kappa shape index (κ1) is 17.0. The van der Waals surface area contributed by atoms with Gasteiger partial charge in [-0.15, -0.1) is 0 Å². The van der Waals surface area contributed by atoms with Crippen molar-refractivity contribution in [3.63, 3.8) is 0 Å². The Bertz CT molecular complexity index is 654. The normalized spacial score (nSPS) is 27.8. The van der Waals surface area contributed by atoms with Gasteiger partial charge in [-0.25, -0.2) is 0 Å². The number of hydrogen-bond donors (Lipinski definition) is 5. The molecule has 132 valence electrons. The van der Waals surface area contributed by atoms with E-state index < -0.39 is 23.1 Å². The summed E-state index contributed by atoms with van der Waals surface area (Å²) in [6.07, 6.45) is 2.60. The maximum absolute atomic E-state index is 11.6. The summed E-state index contributed by atoms with van der Waals surface area (Å²) in [5, 5.41) is 43.2. The van der Waals surface area contributed by atoms with Crippen LogP contribution in [0, 0.1) is 0 Å². The van der Waals surface area contributed by atoms with E-state index in [2.05, 4.69) is 5.32 Å². The highest BCUT2D eigenvalue weighted by Crippen LogP contribution is 2.41. The van der Waals surface area contributed by atoms with Gasteiger partial charge in [0, 0.05) is 12.8 Å². The molecule has 0 aromatic heterocycles. The van der Waals surface area contributed by atoms with Crippen LogP contribution in [0.25, 0.3) is 0 Å². The second-order valence-electron chi connectivity index (χ2n) is 6.34. The molecule has 1 aliphatic carbocycles. The molecule has 1 amide bonds.